The largest absolute Gasteiger partial charge is 0.368 e. The van der Waals surface area contributed by atoms with Gasteiger partial charge in [-0.25, -0.2) is 18.4 Å². The minimum Gasteiger partial charge on any atom is -0.368 e. The lowest BCUT2D eigenvalue weighted by Gasteiger charge is -2.07. The molecule has 0 radical (unpaired) electrons. The van der Waals surface area contributed by atoms with Crippen LogP contribution in [0.3, 0.4) is 0 Å². The molecule has 0 aliphatic rings. The maximum absolute atomic E-state index is 12.2. The van der Waals surface area contributed by atoms with Gasteiger partial charge >= 0.3 is 0 Å². The van der Waals surface area contributed by atoms with Crippen LogP contribution in [0, 0.1) is 6.92 Å². The third-order valence-electron chi connectivity index (χ3n) is 3.22. The zero-order valence-electron chi connectivity index (χ0n) is 12.0. The number of sulfone groups is 1. The second-order valence-corrected chi connectivity index (χ2v) is 8.20. The summed E-state index contributed by atoms with van der Waals surface area (Å²) in [7, 11) is -3.28. The van der Waals surface area contributed by atoms with E-state index in [1.165, 1.54) is 6.33 Å². The summed E-state index contributed by atoms with van der Waals surface area (Å²) in [6, 6.07) is 10.5. The predicted molar refractivity (Wildman–Crippen MR) is 89.1 cm³/mol. The van der Waals surface area contributed by atoms with E-state index < -0.39 is 9.84 Å². The Hall–Kier alpha value is -1.99. The van der Waals surface area contributed by atoms with Gasteiger partial charge in [0.05, 0.1) is 16.0 Å². The standard InChI is InChI=1S/C15H15N3O2S2/c1-11-9-13-14(17-10-18-15(13)21-11)16-7-8-22(19,20)12-5-3-2-4-6-12/h2-6,9-10H,7-8H2,1H3,(H,16,17,18). The molecule has 0 bridgehead atoms. The third kappa shape index (κ3) is 3.10. The molecule has 0 saturated carbocycles. The predicted octanol–water partition coefficient (Wildman–Crippen LogP) is 2.89. The summed E-state index contributed by atoms with van der Waals surface area (Å²) in [5.74, 6) is 0.698. The first kappa shape index (κ1) is 14.9. The van der Waals surface area contributed by atoms with Crippen molar-refractivity contribution < 1.29 is 8.42 Å². The minimum absolute atomic E-state index is 0.0195. The Morgan fingerprint density at radius 2 is 1.95 bits per heavy atom. The monoisotopic (exact) mass is 333 g/mol. The third-order valence-corrected chi connectivity index (χ3v) is 5.91. The SMILES string of the molecule is Cc1cc2c(NCCS(=O)(=O)c3ccccc3)ncnc2s1. The van der Waals surface area contributed by atoms with E-state index >= 15 is 0 Å². The number of aryl methyl sites for hydroxylation is 1. The van der Waals surface area contributed by atoms with Gasteiger partial charge in [-0.05, 0) is 25.1 Å². The smallest absolute Gasteiger partial charge is 0.180 e. The van der Waals surface area contributed by atoms with Crippen LogP contribution < -0.4 is 5.32 Å². The van der Waals surface area contributed by atoms with Gasteiger partial charge in [-0.3, -0.25) is 0 Å². The van der Waals surface area contributed by atoms with Crippen molar-refractivity contribution >= 4 is 37.2 Å². The Labute approximate surface area is 133 Å². The zero-order valence-corrected chi connectivity index (χ0v) is 13.6. The molecule has 2 heterocycles. The molecule has 1 aromatic carbocycles. The lowest BCUT2D eigenvalue weighted by Crippen LogP contribution is -2.16. The van der Waals surface area contributed by atoms with Crippen LogP contribution >= 0.6 is 11.3 Å². The van der Waals surface area contributed by atoms with Crippen molar-refractivity contribution in [2.75, 3.05) is 17.6 Å². The second kappa shape index (κ2) is 6.02. The van der Waals surface area contributed by atoms with Crippen LogP contribution in [0.4, 0.5) is 5.82 Å². The molecule has 0 spiro atoms. The Morgan fingerprint density at radius 3 is 2.73 bits per heavy atom. The second-order valence-electron chi connectivity index (χ2n) is 4.86. The van der Waals surface area contributed by atoms with E-state index in [9.17, 15) is 8.42 Å². The van der Waals surface area contributed by atoms with Crippen LogP contribution in [0.2, 0.25) is 0 Å². The number of fused-ring (bicyclic) bond motifs is 1. The van der Waals surface area contributed by atoms with Crippen molar-refractivity contribution in [2.24, 2.45) is 0 Å². The van der Waals surface area contributed by atoms with Crippen molar-refractivity contribution in [1.82, 2.24) is 9.97 Å². The van der Waals surface area contributed by atoms with Crippen LogP contribution in [0.1, 0.15) is 4.88 Å². The lowest BCUT2D eigenvalue weighted by molar-refractivity contribution is 0.596. The highest BCUT2D eigenvalue weighted by atomic mass is 32.2. The van der Waals surface area contributed by atoms with Gasteiger partial charge in [-0.1, -0.05) is 18.2 Å². The van der Waals surface area contributed by atoms with Crippen molar-refractivity contribution in [2.45, 2.75) is 11.8 Å². The quantitative estimate of drug-likeness (QED) is 0.777. The molecular formula is C15H15N3O2S2. The maximum atomic E-state index is 12.2. The molecule has 0 atom stereocenters. The highest BCUT2D eigenvalue weighted by Crippen LogP contribution is 2.27. The number of hydrogen-bond donors (Lipinski definition) is 1. The van der Waals surface area contributed by atoms with E-state index in [0.717, 1.165) is 15.1 Å². The zero-order chi connectivity index (χ0) is 15.6. The van der Waals surface area contributed by atoms with Crippen LogP contribution in [0.25, 0.3) is 10.2 Å². The molecule has 0 amide bonds. The number of anilines is 1. The average molecular weight is 333 g/mol. The highest BCUT2D eigenvalue weighted by Gasteiger charge is 2.14. The highest BCUT2D eigenvalue weighted by molar-refractivity contribution is 7.91. The maximum Gasteiger partial charge on any atom is 0.180 e. The molecule has 0 fully saturated rings. The first-order valence-electron chi connectivity index (χ1n) is 6.79. The molecule has 7 heteroatoms. The fraction of sp³-hybridized carbons (Fsp3) is 0.200. The van der Waals surface area contributed by atoms with E-state index in [1.54, 1.807) is 41.7 Å². The summed E-state index contributed by atoms with van der Waals surface area (Å²) >= 11 is 1.59. The van der Waals surface area contributed by atoms with Gasteiger partial charge in [0.25, 0.3) is 0 Å². The van der Waals surface area contributed by atoms with Gasteiger partial charge in [0.2, 0.25) is 0 Å². The normalized spacial score (nSPS) is 11.7. The first-order valence-corrected chi connectivity index (χ1v) is 9.26. The van der Waals surface area contributed by atoms with Gasteiger partial charge in [0, 0.05) is 11.4 Å². The molecule has 0 saturated heterocycles. The Balaban J connectivity index is 1.73. The van der Waals surface area contributed by atoms with Gasteiger partial charge in [0.15, 0.2) is 9.84 Å². The van der Waals surface area contributed by atoms with Gasteiger partial charge in [-0.2, -0.15) is 0 Å². The Morgan fingerprint density at radius 1 is 1.18 bits per heavy atom. The lowest BCUT2D eigenvalue weighted by atomic mass is 10.3. The number of nitrogens with zero attached hydrogens (tertiary/aromatic N) is 2. The van der Waals surface area contributed by atoms with Crippen molar-refractivity contribution in [3.63, 3.8) is 0 Å². The molecule has 22 heavy (non-hydrogen) atoms. The minimum atomic E-state index is -3.28. The molecule has 1 N–H and O–H groups in total. The number of benzene rings is 1. The summed E-state index contributed by atoms with van der Waals surface area (Å²) in [6.07, 6.45) is 1.49. The van der Waals surface area contributed by atoms with E-state index in [0.29, 0.717) is 17.3 Å². The van der Waals surface area contributed by atoms with E-state index in [1.807, 2.05) is 13.0 Å². The molecular weight excluding hydrogens is 318 g/mol. The van der Waals surface area contributed by atoms with Gasteiger partial charge < -0.3 is 5.32 Å². The fourth-order valence-corrected chi connectivity index (χ4v) is 4.19. The number of thiophene rings is 1. The first-order chi connectivity index (χ1) is 10.6. The Bertz CT molecular complexity index is 890. The molecule has 2 aromatic heterocycles. The van der Waals surface area contributed by atoms with E-state index in [4.69, 9.17) is 0 Å². The number of rotatable bonds is 5. The molecule has 5 nitrogen and oxygen atoms in total. The number of aromatic nitrogens is 2. The summed E-state index contributed by atoms with van der Waals surface area (Å²) in [5.41, 5.74) is 0. The summed E-state index contributed by atoms with van der Waals surface area (Å²) in [4.78, 5) is 10.8. The molecule has 3 rings (SSSR count). The summed E-state index contributed by atoms with van der Waals surface area (Å²) in [6.45, 7) is 2.31. The Kier molecular flexibility index (Phi) is 4.08. The molecule has 3 aromatic rings. The van der Waals surface area contributed by atoms with Crippen LogP contribution in [-0.4, -0.2) is 30.7 Å². The van der Waals surface area contributed by atoms with Crippen molar-refractivity contribution in [1.29, 1.82) is 0 Å². The van der Waals surface area contributed by atoms with Crippen LogP contribution in [0.15, 0.2) is 47.6 Å². The molecule has 0 aliphatic heterocycles. The number of hydrogen-bond acceptors (Lipinski definition) is 6. The summed E-state index contributed by atoms with van der Waals surface area (Å²) in [5, 5.41) is 4.04. The van der Waals surface area contributed by atoms with Crippen molar-refractivity contribution in [3.8, 4) is 0 Å². The van der Waals surface area contributed by atoms with Crippen molar-refractivity contribution in [3.05, 3.63) is 47.6 Å². The molecule has 0 aliphatic carbocycles. The fourth-order valence-electron chi connectivity index (χ4n) is 2.17. The van der Waals surface area contributed by atoms with Crippen LogP contribution in [0.5, 0.6) is 0 Å². The number of nitrogens with one attached hydrogen (secondary N) is 1. The van der Waals surface area contributed by atoms with Gasteiger partial charge in [0.1, 0.15) is 17.0 Å². The average Bonchev–Trinajstić information content (AvgIpc) is 2.89. The van der Waals surface area contributed by atoms with E-state index in [2.05, 4.69) is 15.3 Å². The molecule has 114 valence electrons. The summed E-state index contributed by atoms with van der Waals surface area (Å²) < 4.78 is 24.4. The topological polar surface area (TPSA) is 72.0 Å². The van der Waals surface area contributed by atoms with Gasteiger partial charge in [-0.15, -0.1) is 11.3 Å². The molecule has 0 unspecified atom stereocenters. The van der Waals surface area contributed by atoms with E-state index in [-0.39, 0.29) is 5.75 Å². The van der Waals surface area contributed by atoms with Crippen LogP contribution in [-0.2, 0) is 9.84 Å².